The standard InChI is InChI=1S/C22H26N2O2/c1-15(2)14-23-22(26)19-9-5-6-10-20(19)24-21(25)18-12-11-16-7-3-4-8-17(16)13-18/h5-6,9-13,15H,3-4,7-8,14H2,1-2H3,(H,23,26)(H,24,25). The predicted octanol–water partition coefficient (Wildman–Crippen LogP) is 4.20. The zero-order chi connectivity index (χ0) is 18.5. The van der Waals surface area contributed by atoms with E-state index < -0.39 is 0 Å². The van der Waals surface area contributed by atoms with Crippen molar-refractivity contribution < 1.29 is 9.59 Å². The van der Waals surface area contributed by atoms with Crippen molar-refractivity contribution >= 4 is 17.5 Å². The van der Waals surface area contributed by atoms with E-state index in [0.29, 0.717) is 29.3 Å². The van der Waals surface area contributed by atoms with Gasteiger partial charge in [0.2, 0.25) is 0 Å². The molecule has 1 aliphatic rings. The first kappa shape index (κ1) is 18.2. The van der Waals surface area contributed by atoms with Gasteiger partial charge in [0.25, 0.3) is 11.8 Å². The third-order valence-electron chi connectivity index (χ3n) is 4.70. The molecular weight excluding hydrogens is 324 g/mol. The summed E-state index contributed by atoms with van der Waals surface area (Å²) in [6.45, 7) is 4.69. The molecule has 2 amide bonds. The van der Waals surface area contributed by atoms with Crippen molar-refractivity contribution in [2.75, 3.05) is 11.9 Å². The first-order valence-electron chi connectivity index (χ1n) is 9.35. The summed E-state index contributed by atoms with van der Waals surface area (Å²) in [5, 5.41) is 5.80. The summed E-state index contributed by atoms with van der Waals surface area (Å²) in [6, 6.07) is 13.1. The highest BCUT2D eigenvalue weighted by molar-refractivity contribution is 6.09. The number of anilines is 1. The maximum Gasteiger partial charge on any atom is 0.255 e. The second kappa shape index (κ2) is 8.17. The van der Waals surface area contributed by atoms with Gasteiger partial charge in [0.05, 0.1) is 11.3 Å². The molecular formula is C22H26N2O2. The summed E-state index contributed by atoms with van der Waals surface area (Å²) >= 11 is 0. The van der Waals surface area contributed by atoms with Gasteiger partial charge in [0.15, 0.2) is 0 Å². The molecule has 136 valence electrons. The van der Waals surface area contributed by atoms with Crippen LogP contribution in [0.25, 0.3) is 0 Å². The highest BCUT2D eigenvalue weighted by Gasteiger charge is 2.16. The molecule has 2 aromatic carbocycles. The van der Waals surface area contributed by atoms with Gasteiger partial charge in [-0.15, -0.1) is 0 Å². The number of rotatable bonds is 5. The van der Waals surface area contributed by atoms with E-state index in [1.54, 1.807) is 18.2 Å². The van der Waals surface area contributed by atoms with E-state index in [2.05, 4.69) is 16.7 Å². The van der Waals surface area contributed by atoms with Crippen LogP contribution in [-0.2, 0) is 12.8 Å². The smallest absolute Gasteiger partial charge is 0.255 e. The van der Waals surface area contributed by atoms with Crippen LogP contribution in [0.4, 0.5) is 5.69 Å². The van der Waals surface area contributed by atoms with Crippen LogP contribution in [0, 0.1) is 5.92 Å². The molecule has 26 heavy (non-hydrogen) atoms. The first-order valence-corrected chi connectivity index (χ1v) is 9.35. The van der Waals surface area contributed by atoms with E-state index in [-0.39, 0.29) is 11.8 Å². The Morgan fingerprint density at radius 2 is 1.69 bits per heavy atom. The minimum atomic E-state index is -0.178. The summed E-state index contributed by atoms with van der Waals surface area (Å²) in [7, 11) is 0. The Bertz CT molecular complexity index is 812. The number of amides is 2. The van der Waals surface area contributed by atoms with Gasteiger partial charge in [0.1, 0.15) is 0 Å². The van der Waals surface area contributed by atoms with E-state index in [4.69, 9.17) is 0 Å². The van der Waals surface area contributed by atoms with E-state index in [1.165, 1.54) is 24.0 Å². The molecule has 1 aliphatic carbocycles. The Kier molecular flexibility index (Phi) is 5.71. The maximum absolute atomic E-state index is 12.7. The minimum Gasteiger partial charge on any atom is -0.352 e. The third kappa shape index (κ3) is 4.31. The van der Waals surface area contributed by atoms with Crippen LogP contribution in [0.2, 0.25) is 0 Å². The van der Waals surface area contributed by atoms with E-state index >= 15 is 0 Å². The second-order valence-corrected chi connectivity index (χ2v) is 7.29. The molecule has 0 spiro atoms. The average molecular weight is 350 g/mol. The molecule has 0 heterocycles. The molecule has 0 atom stereocenters. The molecule has 2 aromatic rings. The van der Waals surface area contributed by atoms with Crippen molar-refractivity contribution in [2.24, 2.45) is 5.92 Å². The van der Waals surface area contributed by atoms with Crippen molar-refractivity contribution in [1.82, 2.24) is 5.32 Å². The lowest BCUT2D eigenvalue weighted by Crippen LogP contribution is -2.28. The number of nitrogens with one attached hydrogen (secondary N) is 2. The van der Waals surface area contributed by atoms with Crippen molar-refractivity contribution in [3.8, 4) is 0 Å². The zero-order valence-electron chi connectivity index (χ0n) is 15.5. The second-order valence-electron chi connectivity index (χ2n) is 7.29. The summed E-state index contributed by atoms with van der Waals surface area (Å²) < 4.78 is 0. The molecule has 0 aliphatic heterocycles. The van der Waals surface area contributed by atoms with Gasteiger partial charge in [0, 0.05) is 12.1 Å². The normalized spacial score (nSPS) is 13.2. The van der Waals surface area contributed by atoms with Crippen LogP contribution in [0.15, 0.2) is 42.5 Å². The number of aryl methyl sites for hydroxylation is 2. The molecule has 4 heteroatoms. The highest BCUT2D eigenvalue weighted by atomic mass is 16.2. The molecule has 0 aromatic heterocycles. The van der Waals surface area contributed by atoms with Crippen LogP contribution in [0.3, 0.4) is 0 Å². The van der Waals surface area contributed by atoms with Gasteiger partial charge in [-0.2, -0.15) is 0 Å². The quantitative estimate of drug-likeness (QED) is 0.849. The SMILES string of the molecule is CC(C)CNC(=O)c1ccccc1NC(=O)c1ccc2c(c1)CCCC2. The lowest BCUT2D eigenvalue weighted by atomic mass is 9.90. The van der Waals surface area contributed by atoms with Gasteiger partial charge in [-0.05, 0) is 67.0 Å². The topological polar surface area (TPSA) is 58.2 Å². The monoisotopic (exact) mass is 350 g/mol. The van der Waals surface area contributed by atoms with Crippen molar-refractivity contribution in [1.29, 1.82) is 0 Å². The number of benzene rings is 2. The van der Waals surface area contributed by atoms with Crippen molar-refractivity contribution in [3.05, 3.63) is 64.7 Å². The van der Waals surface area contributed by atoms with Crippen LogP contribution < -0.4 is 10.6 Å². The van der Waals surface area contributed by atoms with E-state index in [9.17, 15) is 9.59 Å². The molecule has 0 fully saturated rings. The fraction of sp³-hybridized carbons (Fsp3) is 0.364. The predicted molar refractivity (Wildman–Crippen MR) is 105 cm³/mol. The molecule has 0 radical (unpaired) electrons. The average Bonchev–Trinajstić information content (AvgIpc) is 2.66. The number of carbonyl (C=O) groups excluding carboxylic acids is 2. The van der Waals surface area contributed by atoms with E-state index in [1.807, 2.05) is 32.0 Å². The molecule has 4 nitrogen and oxygen atoms in total. The summed E-state index contributed by atoms with van der Waals surface area (Å²) in [4.78, 5) is 25.1. The number of para-hydroxylation sites is 1. The van der Waals surface area contributed by atoms with Crippen molar-refractivity contribution in [3.63, 3.8) is 0 Å². The zero-order valence-corrected chi connectivity index (χ0v) is 15.5. The van der Waals surface area contributed by atoms with Crippen LogP contribution in [0.1, 0.15) is 58.5 Å². The van der Waals surface area contributed by atoms with Gasteiger partial charge in [-0.3, -0.25) is 9.59 Å². The minimum absolute atomic E-state index is 0.167. The van der Waals surface area contributed by atoms with Gasteiger partial charge >= 0.3 is 0 Å². The van der Waals surface area contributed by atoms with Crippen LogP contribution in [-0.4, -0.2) is 18.4 Å². The lowest BCUT2D eigenvalue weighted by molar-refractivity contribution is 0.0950. The Hall–Kier alpha value is -2.62. The third-order valence-corrected chi connectivity index (χ3v) is 4.70. The Labute approximate surface area is 155 Å². The molecule has 0 unspecified atom stereocenters. The first-order chi connectivity index (χ1) is 12.5. The summed E-state index contributed by atoms with van der Waals surface area (Å²) in [5.41, 5.74) is 4.28. The number of fused-ring (bicyclic) bond motifs is 1. The molecule has 0 bridgehead atoms. The largest absolute Gasteiger partial charge is 0.352 e. The Morgan fingerprint density at radius 1 is 0.962 bits per heavy atom. The van der Waals surface area contributed by atoms with Crippen LogP contribution >= 0.6 is 0 Å². The fourth-order valence-corrected chi connectivity index (χ4v) is 3.25. The maximum atomic E-state index is 12.7. The molecule has 2 N–H and O–H groups in total. The highest BCUT2D eigenvalue weighted by Crippen LogP contribution is 2.23. The van der Waals surface area contributed by atoms with E-state index in [0.717, 1.165) is 12.8 Å². The molecule has 0 saturated heterocycles. The Balaban J connectivity index is 1.76. The number of hydrogen-bond acceptors (Lipinski definition) is 2. The summed E-state index contributed by atoms with van der Waals surface area (Å²) in [6.07, 6.45) is 4.52. The van der Waals surface area contributed by atoms with Gasteiger partial charge in [-0.25, -0.2) is 0 Å². The number of carbonyl (C=O) groups is 2. The lowest BCUT2D eigenvalue weighted by Gasteiger charge is -2.17. The number of hydrogen-bond donors (Lipinski definition) is 2. The Morgan fingerprint density at radius 3 is 2.46 bits per heavy atom. The van der Waals surface area contributed by atoms with Crippen LogP contribution in [0.5, 0.6) is 0 Å². The molecule has 0 saturated carbocycles. The fourth-order valence-electron chi connectivity index (χ4n) is 3.25. The van der Waals surface area contributed by atoms with Crippen molar-refractivity contribution in [2.45, 2.75) is 39.5 Å². The van der Waals surface area contributed by atoms with Gasteiger partial charge < -0.3 is 10.6 Å². The molecule has 3 rings (SSSR count). The summed E-state index contributed by atoms with van der Waals surface area (Å²) in [5.74, 6) is 0.0266. The van der Waals surface area contributed by atoms with Gasteiger partial charge in [-0.1, -0.05) is 32.0 Å².